The average Bonchev–Trinajstić information content (AvgIpc) is 2.64. The molecule has 1 aliphatic rings. The van der Waals surface area contributed by atoms with Crippen LogP contribution in [-0.2, 0) is 4.79 Å². The number of amides is 1. The topological polar surface area (TPSA) is 65.8 Å². The molecule has 3 rings (SSSR count). The summed E-state index contributed by atoms with van der Waals surface area (Å²) < 4.78 is 0. The second kappa shape index (κ2) is 7.74. The Hall–Kier alpha value is -2.67. The quantitative estimate of drug-likeness (QED) is 0.916. The van der Waals surface area contributed by atoms with Crippen LogP contribution in [0.15, 0.2) is 48.8 Å². The predicted molar refractivity (Wildman–Crippen MR) is 93.3 cm³/mol. The number of nitrogens with one attached hydrogen (secondary N) is 1. The zero-order valence-electron chi connectivity index (χ0n) is 13.6. The fraction of sp³-hybridized carbons (Fsp3) is 0.350. The highest BCUT2D eigenvalue weighted by Crippen LogP contribution is 2.36. The van der Waals surface area contributed by atoms with Gasteiger partial charge in [-0.2, -0.15) is 5.26 Å². The molecular formula is C20H21N3O. The van der Waals surface area contributed by atoms with Crippen LogP contribution in [0.1, 0.15) is 49.1 Å². The van der Waals surface area contributed by atoms with E-state index in [1.165, 1.54) is 5.56 Å². The third-order valence-electron chi connectivity index (χ3n) is 4.80. The van der Waals surface area contributed by atoms with Gasteiger partial charge in [0.25, 0.3) is 0 Å². The molecule has 1 saturated carbocycles. The fourth-order valence-electron chi connectivity index (χ4n) is 3.44. The molecule has 1 aromatic heterocycles. The summed E-state index contributed by atoms with van der Waals surface area (Å²) in [7, 11) is 0. The first-order chi connectivity index (χ1) is 11.7. The van der Waals surface area contributed by atoms with E-state index in [-0.39, 0.29) is 5.91 Å². The lowest BCUT2D eigenvalue weighted by Crippen LogP contribution is -2.20. The number of carbonyl (C=O) groups is 1. The highest BCUT2D eigenvalue weighted by molar-refractivity contribution is 5.90. The Morgan fingerprint density at radius 2 is 1.75 bits per heavy atom. The van der Waals surface area contributed by atoms with Crippen LogP contribution in [-0.4, -0.2) is 10.9 Å². The maximum atomic E-state index is 12.2. The number of pyridine rings is 1. The maximum Gasteiger partial charge on any atom is 0.224 e. The van der Waals surface area contributed by atoms with Crippen molar-refractivity contribution < 1.29 is 4.79 Å². The van der Waals surface area contributed by atoms with Gasteiger partial charge in [0, 0.05) is 24.5 Å². The molecule has 1 fully saturated rings. The minimum atomic E-state index is 0.0621. The van der Waals surface area contributed by atoms with Crippen LogP contribution in [0.3, 0.4) is 0 Å². The van der Waals surface area contributed by atoms with Gasteiger partial charge in [0.15, 0.2) is 0 Å². The van der Waals surface area contributed by atoms with Crippen LogP contribution in [0.4, 0.5) is 5.69 Å². The van der Waals surface area contributed by atoms with Crippen molar-refractivity contribution in [3.05, 3.63) is 59.9 Å². The van der Waals surface area contributed by atoms with Gasteiger partial charge in [-0.05, 0) is 79.5 Å². The molecule has 1 amide bonds. The van der Waals surface area contributed by atoms with Gasteiger partial charge in [-0.1, -0.05) is 0 Å². The Bertz CT molecular complexity index is 711. The van der Waals surface area contributed by atoms with Crippen LogP contribution in [0.2, 0.25) is 0 Å². The van der Waals surface area contributed by atoms with Crippen molar-refractivity contribution >= 4 is 11.6 Å². The van der Waals surface area contributed by atoms with Gasteiger partial charge in [0.2, 0.25) is 5.91 Å². The van der Waals surface area contributed by atoms with Crippen molar-refractivity contribution in [2.75, 3.05) is 5.32 Å². The van der Waals surface area contributed by atoms with Crippen LogP contribution in [0.25, 0.3) is 0 Å². The smallest absolute Gasteiger partial charge is 0.224 e. The molecule has 0 saturated heterocycles. The summed E-state index contributed by atoms with van der Waals surface area (Å²) in [6.07, 6.45) is 8.74. The van der Waals surface area contributed by atoms with Gasteiger partial charge >= 0.3 is 0 Å². The summed E-state index contributed by atoms with van der Waals surface area (Å²) in [5.74, 6) is 1.12. The predicted octanol–water partition coefficient (Wildman–Crippen LogP) is 4.26. The number of aromatic nitrogens is 1. The molecule has 1 N–H and O–H groups in total. The maximum absolute atomic E-state index is 12.2. The SMILES string of the molecule is N#Cc1ccc(NC(=O)C[C@H]2CC[C@@H](c3ccncc3)CC2)cc1. The lowest BCUT2D eigenvalue weighted by molar-refractivity contribution is -0.117. The normalized spacial score (nSPS) is 20.1. The number of hydrogen-bond acceptors (Lipinski definition) is 3. The molecule has 4 heteroatoms. The molecule has 24 heavy (non-hydrogen) atoms. The van der Waals surface area contributed by atoms with E-state index in [2.05, 4.69) is 28.5 Å². The van der Waals surface area contributed by atoms with Gasteiger partial charge < -0.3 is 5.32 Å². The summed E-state index contributed by atoms with van der Waals surface area (Å²) >= 11 is 0. The Kier molecular flexibility index (Phi) is 5.22. The number of nitriles is 1. The molecule has 2 aromatic rings. The molecule has 0 bridgehead atoms. The Morgan fingerprint density at radius 1 is 1.08 bits per heavy atom. The lowest BCUT2D eigenvalue weighted by atomic mass is 9.77. The summed E-state index contributed by atoms with van der Waals surface area (Å²) in [6.45, 7) is 0. The first-order valence-corrected chi connectivity index (χ1v) is 8.44. The van der Waals surface area contributed by atoms with E-state index in [0.717, 1.165) is 31.4 Å². The van der Waals surface area contributed by atoms with Gasteiger partial charge in [0.05, 0.1) is 11.6 Å². The zero-order valence-corrected chi connectivity index (χ0v) is 13.6. The highest BCUT2D eigenvalue weighted by Gasteiger charge is 2.24. The van der Waals surface area contributed by atoms with Crippen molar-refractivity contribution in [2.45, 2.75) is 38.0 Å². The molecule has 1 heterocycles. The molecular weight excluding hydrogens is 298 g/mol. The monoisotopic (exact) mass is 319 g/mol. The van der Waals surface area contributed by atoms with E-state index in [0.29, 0.717) is 23.8 Å². The van der Waals surface area contributed by atoms with E-state index in [4.69, 9.17) is 5.26 Å². The largest absolute Gasteiger partial charge is 0.326 e. The summed E-state index contributed by atoms with van der Waals surface area (Å²) in [4.78, 5) is 16.3. The van der Waals surface area contributed by atoms with Crippen molar-refractivity contribution in [3.8, 4) is 6.07 Å². The van der Waals surface area contributed by atoms with Crippen molar-refractivity contribution in [3.63, 3.8) is 0 Å². The van der Waals surface area contributed by atoms with Crippen LogP contribution >= 0.6 is 0 Å². The van der Waals surface area contributed by atoms with Crippen LogP contribution < -0.4 is 5.32 Å². The standard InChI is InChI=1S/C20H21N3O/c21-14-16-3-7-19(8-4-16)23-20(24)13-15-1-5-17(6-2-15)18-9-11-22-12-10-18/h3-4,7-12,15,17H,1-2,5-6,13H2,(H,23,24)/t15-,17+. The number of carbonyl (C=O) groups excluding carboxylic acids is 1. The van der Waals surface area contributed by atoms with Gasteiger partial charge in [-0.25, -0.2) is 0 Å². The number of anilines is 1. The van der Waals surface area contributed by atoms with Crippen molar-refractivity contribution in [2.24, 2.45) is 5.92 Å². The molecule has 0 unspecified atom stereocenters. The van der Waals surface area contributed by atoms with Crippen LogP contribution in [0, 0.1) is 17.2 Å². The first-order valence-electron chi connectivity index (χ1n) is 8.44. The molecule has 4 nitrogen and oxygen atoms in total. The minimum absolute atomic E-state index is 0.0621. The Balaban J connectivity index is 1.47. The fourth-order valence-corrected chi connectivity index (χ4v) is 3.44. The number of hydrogen-bond donors (Lipinski definition) is 1. The zero-order chi connectivity index (χ0) is 16.8. The molecule has 1 aliphatic carbocycles. The van der Waals surface area contributed by atoms with Gasteiger partial charge in [0.1, 0.15) is 0 Å². The minimum Gasteiger partial charge on any atom is -0.326 e. The summed E-state index contributed by atoms with van der Waals surface area (Å²) in [6, 6.07) is 13.3. The Morgan fingerprint density at radius 3 is 2.38 bits per heavy atom. The molecule has 0 spiro atoms. The number of rotatable bonds is 4. The second-order valence-electron chi connectivity index (χ2n) is 6.44. The molecule has 1 aromatic carbocycles. The third kappa shape index (κ3) is 4.20. The van der Waals surface area contributed by atoms with Crippen LogP contribution in [0.5, 0.6) is 0 Å². The molecule has 0 radical (unpaired) electrons. The average molecular weight is 319 g/mol. The van der Waals surface area contributed by atoms with Crippen molar-refractivity contribution in [1.82, 2.24) is 4.98 Å². The van der Waals surface area contributed by atoms with E-state index >= 15 is 0 Å². The highest BCUT2D eigenvalue weighted by atomic mass is 16.1. The molecule has 0 aliphatic heterocycles. The molecule has 122 valence electrons. The van der Waals surface area contributed by atoms with E-state index in [1.54, 1.807) is 24.3 Å². The number of nitrogens with zero attached hydrogens (tertiary/aromatic N) is 2. The molecule has 0 atom stereocenters. The Labute approximate surface area is 142 Å². The summed E-state index contributed by atoms with van der Waals surface area (Å²) in [5, 5.41) is 11.7. The third-order valence-corrected chi connectivity index (χ3v) is 4.80. The number of benzene rings is 1. The van der Waals surface area contributed by atoms with Crippen molar-refractivity contribution in [1.29, 1.82) is 5.26 Å². The van der Waals surface area contributed by atoms with Gasteiger partial charge in [-0.15, -0.1) is 0 Å². The second-order valence-corrected chi connectivity index (χ2v) is 6.44. The lowest BCUT2D eigenvalue weighted by Gasteiger charge is -2.28. The van der Waals surface area contributed by atoms with E-state index < -0.39 is 0 Å². The summed E-state index contributed by atoms with van der Waals surface area (Å²) in [5.41, 5.74) is 2.72. The first kappa shape index (κ1) is 16.2. The van der Waals surface area contributed by atoms with E-state index in [1.807, 2.05) is 12.4 Å². The van der Waals surface area contributed by atoms with Gasteiger partial charge in [-0.3, -0.25) is 9.78 Å². The van der Waals surface area contributed by atoms with E-state index in [9.17, 15) is 4.79 Å².